The third kappa shape index (κ3) is 4.54. The minimum Gasteiger partial charge on any atom is -0.315 e. The van der Waals surface area contributed by atoms with E-state index in [1.165, 1.54) is 17.8 Å². The molecule has 0 spiro atoms. The van der Waals surface area contributed by atoms with E-state index in [9.17, 15) is 9.18 Å². The Bertz CT molecular complexity index is 1160. The number of carbonyl (C=O) groups excluding carboxylic acids is 1. The van der Waals surface area contributed by atoms with Crippen molar-refractivity contribution < 1.29 is 13.7 Å². The molecule has 2 aromatic heterocycles. The molecule has 0 aliphatic carbocycles. The van der Waals surface area contributed by atoms with Crippen molar-refractivity contribution in [2.24, 2.45) is 0 Å². The number of aromatic nitrogens is 5. The summed E-state index contributed by atoms with van der Waals surface area (Å²) in [6.07, 6.45) is 0. The molecule has 10 heteroatoms. The molecule has 0 unspecified atom stereocenters. The molecule has 0 aliphatic rings. The van der Waals surface area contributed by atoms with Crippen molar-refractivity contribution in [2.75, 3.05) is 11.1 Å². The fraction of sp³-hybridized carbons (Fsp3) is 0.150. The molecule has 4 aromatic rings. The average Bonchev–Trinajstić information content (AvgIpc) is 3.33. The molecule has 0 atom stereocenters. The predicted octanol–water partition coefficient (Wildman–Crippen LogP) is 3.55. The number of amides is 1. The van der Waals surface area contributed by atoms with Crippen LogP contribution < -0.4 is 5.32 Å². The Morgan fingerprint density at radius 2 is 1.90 bits per heavy atom. The number of hydrogen-bond acceptors (Lipinski definition) is 7. The van der Waals surface area contributed by atoms with Gasteiger partial charge >= 0.3 is 6.01 Å². The van der Waals surface area contributed by atoms with Crippen LogP contribution in [0.1, 0.15) is 11.4 Å². The van der Waals surface area contributed by atoms with E-state index in [4.69, 9.17) is 4.52 Å². The molecule has 1 amide bonds. The van der Waals surface area contributed by atoms with E-state index in [2.05, 4.69) is 25.7 Å². The van der Waals surface area contributed by atoms with Gasteiger partial charge in [0.2, 0.25) is 5.91 Å². The molecule has 1 N–H and O–H groups in total. The van der Waals surface area contributed by atoms with Crippen molar-refractivity contribution in [2.45, 2.75) is 18.6 Å². The van der Waals surface area contributed by atoms with Crippen molar-refractivity contribution in [3.63, 3.8) is 0 Å². The van der Waals surface area contributed by atoms with Gasteiger partial charge in [-0.15, -0.1) is 10.2 Å². The molecular formula is C20H17FN6O2S. The van der Waals surface area contributed by atoms with E-state index in [0.29, 0.717) is 28.9 Å². The van der Waals surface area contributed by atoms with Gasteiger partial charge in [0.25, 0.3) is 0 Å². The maximum atomic E-state index is 14.4. The summed E-state index contributed by atoms with van der Waals surface area (Å²) < 4.78 is 21.1. The molecule has 0 fully saturated rings. The fourth-order valence-electron chi connectivity index (χ4n) is 2.78. The number of benzene rings is 2. The highest BCUT2D eigenvalue weighted by molar-refractivity contribution is 7.99. The second-order valence-corrected chi connectivity index (χ2v) is 7.28. The van der Waals surface area contributed by atoms with E-state index in [-0.39, 0.29) is 23.5 Å². The van der Waals surface area contributed by atoms with E-state index in [1.807, 2.05) is 30.3 Å². The first-order chi connectivity index (χ1) is 14.6. The molecule has 8 nitrogen and oxygen atoms in total. The fourth-order valence-corrected chi connectivity index (χ4v) is 3.52. The number of nitrogens with one attached hydrogen (secondary N) is 1. The van der Waals surface area contributed by atoms with E-state index in [1.54, 1.807) is 29.7 Å². The third-order valence-electron chi connectivity index (χ3n) is 4.12. The molecule has 0 saturated heterocycles. The smallest absolute Gasteiger partial charge is 0.315 e. The summed E-state index contributed by atoms with van der Waals surface area (Å²) in [5.41, 5.74) is 1.35. The van der Waals surface area contributed by atoms with Crippen LogP contribution >= 0.6 is 11.8 Å². The largest absolute Gasteiger partial charge is 0.328 e. The highest BCUT2D eigenvalue weighted by Crippen LogP contribution is 2.27. The number of anilines is 1. The van der Waals surface area contributed by atoms with Gasteiger partial charge in [0.1, 0.15) is 5.82 Å². The normalized spacial score (nSPS) is 10.9. The van der Waals surface area contributed by atoms with Crippen LogP contribution in [-0.4, -0.2) is 36.6 Å². The van der Waals surface area contributed by atoms with Crippen LogP contribution in [0, 0.1) is 12.7 Å². The van der Waals surface area contributed by atoms with Gasteiger partial charge in [-0.25, -0.2) is 4.39 Å². The van der Waals surface area contributed by atoms with Crippen molar-refractivity contribution in [3.05, 3.63) is 71.8 Å². The van der Waals surface area contributed by atoms with E-state index in [0.717, 1.165) is 5.56 Å². The van der Waals surface area contributed by atoms with Gasteiger partial charge in [0.15, 0.2) is 16.8 Å². The third-order valence-corrected chi connectivity index (χ3v) is 5.09. The van der Waals surface area contributed by atoms with E-state index < -0.39 is 0 Å². The number of carbonyl (C=O) groups is 1. The topological polar surface area (TPSA) is 98.7 Å². The van der Waals surface area contributed by atoms with Gasteiger partial charge in [0, 0.05) is 0 Å². The number of thioether (sulfide) groups is 1. The lowest BCUT2D eigenvalue weighted by Gasteiger charge is -2.11. The Morgan fingerprint density at radius 1 is 1.13 bits per heavy atom. The summed E-state index contributed by atoms with van der Waals surface area (Å²) in [5.74, 6) is 0.152. The first kappa shape index (κ1) is 19.8. The summed E-state index contributed by atoms with van der Waals surface area (Å²) >= 11 is 1.19. The van der Waals surface area contributed by atoms with Gasteiger partial charge in [-0.3, -0.25) is 14.7 Å². The van der Waals surface area contributed by atoms with Gasteiger partial charge in [-0.1, -0.05) is 59.4 Å². The first-order valence-corrected chi connectivity index (χ1v) is 10.0. The number of hydrogen-bond donors (Lipinski definition) is 1. The molecule has 30 heavy (non-hydrogen) atoms. The molecule has 0 bridgehead atoms. The highest BCUT2D eigenvalue weighted by atomic mass is 32.2. The summed E-state index contributed by atoms with van der Waals surface area (Å²) in [6.45, 7) is 2.09. The summed E-state index contributed by atoms with van der Waals surface area (Å²) in [5, 5.41) is 15.0. The monoisotopic (exact) mass is 424 g/mol. The lowest BCUT2D eigenvalue weighted by Crippen LogP contribution is -2.15. The van der Waals surface area contributed by atoms with Gasteiger partial charge in [-0.2, -0.15) is 4.98 Å². The Hall–Kier alpha value is -3.53. The standard InChI is InChI=1S/C20H17FN6O2S/c1-13-22-19(29-26-13)23-17(28)12-30-20-25-24-18(15-9-5-6-10-16(15)21)27(20)11-14-7-3-2-4-8-14/h2-10H,11-12H2,1H3,(H,22,23,26,28). The summed E-state index contributed by atoms with van der Waals surface area (Å²) in [4.78, 5) is 16.2. The SMILES string of the molecule is Cc1noc(NC(=O)CSc2nnc(-c3ccccc3F)n2Cc2ccccc2)n1. The summed E-state index contributed by atoms with van der Waals surface area (Å²) in [7, 11) is 0. The molecular weight excluding hydrogens is 407 g/mol. The van der Waals surface area contributed by atoms with Gasteiger partial charge in [-0.05, 0) is 24.6 Å². The van der Waals surface area contributed by atoms with Crippen LogP contribution in [0.15, 0.2) is 64.3 Å². The quantitative estimate of drug-likeness (QED) is 0.453. The molecule has 152 valence electrons. The zero-order valence-electron chi connectivity index (χ0n) is 15.9. The maximum absolute atomic E-state index is 14.4. The molecule has 2 aromatic carbocycles. The van der Waals surface area contributed by atoms with Gasteiger partial charge < -0.3 is 4.52 Å². The van der Waals surface area contributed by atoms with Crippen molar-refractivity contribution in [1.29, 1.82) is 0 Å². The molecule has 0 saturated carbocycles. The maximum Gasteiger partial charge on any atom is 0.328 e. The van der Waals surface area contributed by atoms with Crippen LogP contribution in [0.5, 0.6) is 0 Å². The molecule has 0 radical (unpaired) electrons. The van der Waals surface area contributed by atoms with Crippen molar-refractivity contribution in [1.82, 2.24) is 24.9 Å². The Balaban J connectivity index is 1.57. The highest BCUT2D eigenvalue weighted by Gasteiger charge is 2.19. The van der Waals surface area contributed by atoms with Crippen LogP contribution in [-0.2, 0) is 11.3 Å². The van der Waals surface area contributed by atoms with Crippen LogP contribution in [0.25, 0.3) is 11.4 Å². The van der Waals surface area contributed by atoms with Crippen LogP contribution in [0.3, 0.4) is 0 Å². The molecule has 2 heterocycles. The van der Waals surface area contributed by atoms with E-state index >= 15 is 0 Å². The number of rotatable bonds is 7. The molecule has 0 aliphatic heterocycles. The van der Waals surface area contributed by atoms with Crippen LogP contribution in [0.2, 0.25) is 0 Å². The second-order valence-electron chi connectivity index (χ2n) is 6.34. The minimum absolute atomic E-state index is 0.0379. The zero-order chi connectivity index (χ0) is 20.9. The minimum atomic E-state index is -0.389. The number of nitrogens with zero attached hydrogens (tertiary/aromatic N) is 5. The number of halogens is 1. The predicted molar refractivity (Wildman–Crippen MR) is 109 cm³/mol. The Kier molecular flexibility index (Phi) is 5.84. The van der Waals surface area contributed by atoms with Crippen LogP contribution in [0.4, 0.5) is 10.4 Å². The Labute approximate surface area is 175 Å². The summed E-state index contributed by atoms with van der Waals surface area (Å²) in [6, 6.07) is 16.1. The zero-order valence-corrected chi connectivity index (χ0v) is 16.8. The average molecular weight is 424 g/mol. The molecule has 4 rings (SSSR count). The Morgan fingerprint density at radius 3 is 2.63 bits per heavy atom. The lowest BCUT2D eigenvalue weighted by molar-refractivity contribution is -0.114. The lowest BCUT2D eigenvalue weighted by atomic mass is 10.2. The first-order valence-electron chi connectivity index (χ1n) is 9.05. The second kappa shape index (κ2) is 8.87. The van der Waals surface area contributed by atoms with Crippen molar-refractivity contribution >= 4 is 23.7 Å². The number of aryl methyl sites for hydroxylation is 1. The van der Waals surface area contributed by atoms with Crippen molar-refractivity contribution in [3.8, 4) is 11.4 Å². The van der Waals surface area contributed by atoms with Gasteiger partial charge in [0.05, 0.1) is 17.9 Å².